The van der Waals surface area contributed by atoms with Crippen LogP contribution in [0.2, 0.25) is 5.02 Å². The van der Waals surface area contributed by atoms with Crippen molar-refractivity contribution in [2.45, 2.75) is 0 Å². The smallest absolute Gasteiger partial charge is 0.231 e. The molecule has 3 heterocycles. The Morgan fingerprint density at radius 2 is 1.90 bits per heavy atom. The summed E-state index contributed by atoms with van der Waals surface area (Å²) in [7, 11) is 0. The molecule has 1 aliphatic rings. The van der Waals surface area contributed by atoms with Crippen molar-refractivity contribution >= 4 is 40.1 Å². The van der Waals surface area contributed by atoms with E-state index in [1.165, 1.54) is 0 Å². The van der Waals surface area contributed by atoms with Gasteiger partial charge in [-0.2, -0.15) is 15.2 Å². The summed E-state index contributed by atoms with van der Waals surface area (Å²) < 4.78 is 5.54. The number of halogens is 1. The van der Waals surface area contributed by atoms with E-state index in [0.717, 1.165) is 46.8 Å². The van der Waals surface area contributed by atoms with Crippen molar-refractivity contribution in [3.05, 3.63) is 65.3 Å². The monoisotopic (exact) mass is 430 g/mol. The molecular formula is C23H19ClN6O. The number of anilines is 3. The third kappa shape index (κ3) is 3.91. The van der Waals surface area contributed by atoms with Crippen LogP contribution in [0.5, 0.6) is 0 Å². The van der Waals surface area contributed by atoms with Gasteiger partial charge in [0.1, 0.15) is 11.5 Å². The van der Waals surface area contributed by atoms with E-state index in [0.29, 0.717) is 29.7 Å². The molecule has 1 saturated heterocycles. The third-order valence-electron chi connectivity index (χ3n) is 5.23. The molecule has 31 heavy (non-hydrogen) atoms. The molecule has 2 N–H and O–H groups in total. The lowest BCUT2D eigenvalue weighted by atomic mass is 10.1. The van der Waals surface area contributed by atoms with Gasteiger partial charge in [-0.25, -0.2) is 0 Å². The van der Waals surface area contributed by atoms with Gasteiger partial charge in [-0.3, -0.25) is 0 Å². The van der Waals surface area contributed by atoms with Gasteiger partial charge in [-0.15, -0.1) is 0 Å². The standard InChI is InChI=1S/C23H19ClN6O/c24-17-3-1-2-16(12-17)19-14-26-21-20(19)22(30-8-10-31-11-9-30)29-23(28-21)27-18-6-4-15(13-25)5-7-18/h1-7,12,14H,8-11H2,(H2,26,27,28,29). The number of nitrogens with zero attached hydrogens (tertiary/aromatic N) is 4. The van der Waals surface area contributed by atoms with Gasteiger partial charge in [0.2, 0.25) is 5.95 Å². The van der Waals surface area contributed by atoms with E-state index in [4.69, 9.17) is 31.6 Å². The largest absolute Gasteiger partial charge is 0.378 e. The molecule has 2 aromatic heterocycles. The normalized spacial score (nSPS) is 13.9. The van der Waals surface area contributed by atoms with Gasteiger partial charge in [-0.1, -0.05) is 23.7 Å². The van der Waals surface area contributed by atoms with Crippen LogP contribution in [0.1, 0.15) is 5.56 Å². The number of H-pyrrole nitrogens is 1. The van der Waals surface area contributed by atoms with Crippen molar-refractivity contribution in [1.82, 2.24) is 15.0 Å². The van der Waals surface area contributed by atoms with E-state index in [9.17, 15) is 0 Å². The minimum Gasteiger partial charge on any atom is -0.378 e. The van der Waals surface area contributed by atoms with Crippen LogP contribution in [0.25, 0.3) is 22.2 Å². The predicted octanol–water partition coefficient (Wildman–Crippen LogP) is 4.73. The minimum atomic E-state index is 0.484. The summed E-state index contributed by atoms with van der Waals surface area (Å²) >= 11 is 6.24. The molecule has 1 aliphatic heterocycles. The second kappa shape index (κ2) is 8.26. The van der Waals surface area contributed by atoms with Crippen molar-refractivity contribution in [3.63, 3.8) is 0 Å². The molecule has 5 rings (SSSR count). The van der Waals surface area contributed by atoms with Crippen molar-refractivity contribution < 1.29 is 4.74 Å². The molecule has 7 nitrogen and oxygen atoms in total. The number of aromatic amines is 1. The fourth-order valence-corrected chi connectivity index (χ4v) is 3.91. The highest BCUT2D eigenvalue weighted by atomic mass is 35.5. The van der Waals surface area contributed by atoms with Gasteiger partial charge in [0, 0.05) is 35.6 Å². The fraction of sp³-hybridized carbons (Fsp3) is 0.174. The zero-order valence-electron chi connectivity index (χ0n) is 16.6. The van der Waals surface area contributed by atoms with Gasteiger partial charge in [0.15, 0.2) is 0 Å². The second-order valence-electron chi connectivity index (χ2n) is 7.22. The molecule has 8 heteroatoms. The first-order chi connectivity index (χ1) is 15.2. The quantitative estimate of drug-likeness (QED) is 0.486. The highest BCUT2D eigenvalue weighted by Crippen LogP contribution is 2.36. The number of aromatic nitrogens is 3. The van der Waals surface area contributed by atoms with E-state index in [1.54, 1.807) is 12.1 Å². The zero-order chi connectivity index (χ0) is 21.2. The molecule has 0 spiro atoms. The summed E-state index contributed by atoms with van der Waals surface area (Å²) in [5.74, 6) is 1.33. The maximum Gasteiger partial charge on any atom is 0.231 e. The Balaban J connectivity index is 1.61. The zero-order valence-corrected chi connectivity index (χ0v) is 17.4. The first kappa shape index (κ1) is 19.4. The maximum absolute atomic E-state index is 9.01. The first-order valence-electron chi connectivity index (χ1n) is 9.96. The van der Waals surface area contributed by atoms with Crippen LogP contribution in [0.4, 0.5) is 17.5 Å². The second-order valence-corrected chi connectivity index (χ2v) is 7.66. The van der Waals surface area contributed by atoms with Gasteiger partial charge in [-0.05, 0) is 42.0 Å². The Morgan fingerprint density at radius 1 is 1.10 bits per heavy atom. The molecule has 0 radical (unpaired) electrons. The Hall–Kier alpha value is -3.60. The SMILES string of the molecule is N#Cc1ccc(Nc2nc(N3CCOCC3)c3c(-c4cccc(Cl)c4)c[nH]c3n2)cc1. The number of nitriles is 1. The third-order valence-corrected chi connectivity index (χ3v) is 5.46. The van der Waals surface area contributed by atoms with Gasteiger partial charge in [0.25, 0.3) is 0 Å². The molecule has 2 aromatic carbocycles. The van der Waals surface area contributed by atoms with Gasteiger partial charge in [0.05, 0.1) is 30.2 Å². The first-order valence-corrected chi connectivity index (χ1v) is 10.3. The van der Waals surface area contributed by atoms with Crippen LogP contribution in [-0.2, 0) is 4.74 Å². The molecule has 0 saturated carbocycles. The molecule has 4 aromatic rings. The Kier molecular flexibility index (Phi) is 5.16. The number of rotatable bonds is 4. The summed E-state index contributed by atoms with van der Waals surface area (Å²) in [6, 6.07) is 17.1. The van der Waals surface area contributed by atoms with Crippen molar-refractivity contribution in [1.29, 1.82) is 5.26 Å². The van der Waals surface area contributed by atoms with Crippen molar-refractivity contribution in [2.24, 2.45) is 0 Å². The van der Waals surface area contributed by atoms with Crippen LogP contribution in [0, 0.1) is 11.3 Å². The van der Waals surface area contributed by atoms with Crippen LogP contribution in [-0.4, -0.2) is 41.3 Å². The fourth-order valence-electron chi connectivity index (χ4n) is 3.71. The topological polar surface area (TPSA) is 89.9 Å². The molecule has 1 fully saturated rings. The maximum atomic E-state index is 9.01. The number of hydrogen-bond donors (Lipinski definition) is 2. The highest BCUT2D eigenvalue weighted by Gasteiger charge is 2.21. The van der Waals surface area contributed by atoms with Crippen molar-refractivity contribution in [3.8, 4) is 17.2 Å². The van der Waals surface area contributed by atoms with Crippen LogP contribution in [0.3, 0.4) is 0 Å². The molecule has 154 valence electrons. The highest BCUT2D eigenvalue weighted by molar-refractivity contribution is 6.31. The average molecular weight is 431 g/mol. The summed E-state index contributed by atoms with van der Waals surface area (Å²) in [5.41, 5.74) is 4.16. The van der Waals surface area contributed by atoms with E-state index in [2.05, 4.69) is 21.3 Å². The summed E-state index contributed by atoms with van der Waals surface area (Å²) in [6.45, 7) is 2.81. The number of morpholine rings is 1. The molecule has 0 amide bonds. The summed E-state index contributed by atoms with van der Waals surface area (Å²) in [6.07, 6.45) is 1.94. The number of ether oxygens (including phenoxy) is 1. The lowest BCUT2D eigenvalue weighted by molar-refractivity contribution is 0.122. The molecule has 0 unspecified atom stereocenters. The van der Waals surface area contributed by atoms with Gasteiger partial charge < -0.3 is 19.9 Å². The van der Waals surface area contributed by atoms with Crippen LogP contribution in [0.15, 0.2) is 54.7 Å². The molecule has 0 bridgehead atoms. The summed E-state index contributed by atoms with van der Waals surface area (Å²) in [5, 5.41) is 13.9. The molecular weight excluding hydrogens is 412 g/mol. The predicted molar refractivity (Wildman–Crippen MR) is 122 cm³/mol. The number of fused-ring (bicyclic) bond motifs is 1. The summed E-state index contributed by atoms with van der Waals surface area (Å²) in [4.78, 5) is 15.1. The number of nitrogens with one attached hydrogen (secondary N) is 2. The van der Waals surface area contributed by atoms with E-state index < -0.39 is 0 Å². The number of hydrogen-bond acceptors (Lipinski definition) is 6. The Labute approximate surface area is 184 Å². The number of benzene rings is 2. The van der Waals surface area contributed by atoms with E-state index in [-0.39, 0.29) is 0 Å². The molecule has 0 atom stereocenters. The Morgan fingerprint density at radius 3 is 2.65 bits per heavy atom. The Bertz CT molecular complexity index is 1270. The lowest BCUT2D eigenvalue weighted by Crippen LogP contribution is -2.37. The molecule has 0 aliphatic carbocycles. The van der Waals surface area contributed by atoms with E-state index in [1.807, 2.05) is 42.6 Å². The van der Waals surface area contributed by atoms with Crippen molar-refractivity contribution in [2.75, 3.05) is 36.5 Å². The van der Waals surface area contributed by atoms with E-state index >= 15 is 0 Å². The lowest BCUT2D eigenvalue weighted by Gasteiger charge is -2.28. The van der Waals surface area contributed by atoms with Crippen LogP contribution >= 0.6 is 11.6 Å². The average Bonchev–Trinajstić information content (AvgIpc) is 3.24. The van der Waals surface area contributed by atoms with Gasteiger partial charge >= 0.3 is 0 Å². The minimum absolute atomic E-state index is 0.484. The van der Waals surface area contributed by atoms with Crippen LogP contribution < -0.4 is 10.2 Å².